The van der Waals surface area contributed by atoms with E-state index in [0.29, 0.717) is 29.3 Å². The van der Waals surface area contributed by atoms with Crippen molar-refractivity contribution >= 4 is 11.6 Å². The average Bonchev–Trinajstić information content (AvgIpc) is 2.63. The van der Waals surface area contributed by atoms with E-state index in [4.69, 9.17) is 0 Å². The Morgan fingerprint density at radius 2 is 1.13 bits per heavy atom. The van der Waals surface area contributed by atoms with Crippen molar-refractivity contribution in [2.75, 3.05) is 19.6 Å². The maximum absolute atomic E-state index is 12.7. The highest BCUT2D eigenvalue weighted by molar-refractivity contribution is 5.83. The first kappa shape index (κ1) is 17.1. The second kappa shape index (κ2) is 8.41. The number of ketones is 2. The average molecular weight is 320 g/mol. The predicted octanol–water partition coefficient (Wildman–Crippen LogP) is 2.58. The van der Waals surface area contributed by atoms with E-state index in [1.54, 1.807) is 0 Å². The van der Waals surface area contributed by atoms with Gasteiger partial charge in [0.05, 0.1) is 13.1 Å². The molecule has 2 saturated carbocycles. The first-order chi connectivity index (χ1) is 11.2. The number of carbonyl (C=O) groups is 2. The number of rotatable bonds is 5. The molecule has 1 heterocycles. The van der Waals surface area contributed by atoms with Crippen molar-refractivity contribution in [3.63, 3.8) is 0 Å². The Balaban J connectivity index is 1.41. The third-order valence-corrected chi connectivity index (χ3v) is 6.59. The SMILES string of the molecule is O=C(C[NH+]1CCC(C(=O)C2CCCCC2)CC1)C1CCCCC1. The van der Waals surface area contributed by atoms with Gasteiger partial charge in [-0.2, -0.15) is 0 Å². The third-order valence-electron chi connectivity index (χ3n) is 6.59. The van der Waals surface area contributed by atoms with Crippen molar-refractivity contribution in [2.24, 2.45) is 17.8 Å². The summed E-state index contributed by atoms with van der Waals surface area (Å²) in [5.41, 5.74) is 0. The highest BCUT2D eigenvalue weighted by atomic mass is 16.1. The Bertz CT molecular complexity index is 400. The monoisotopic (exact) mass is 320 g/mol. The van der Waals surface area contributed by atoms with Crippen LogP contribution < -0.4 is 4.90 Å². The lowest BCUT2D eigenvalue weighted by Gasteiger charge is -2.32. The summed E-state index contributed by atoms with van der Waals surface area (Å²) >= 11 is 0. The Labute approximate surface area is 141 Å². The van der Waals surface area contributed by atoms with Gasteiger partial charge in [0.1, 0.15) is 12.3 Å². The van der Waals surface area contributed by atoms with Crippen LogP contribution in [-0.2, 0) is 9.59 Å². The second-order valence-electron chi connectivity index (χ2n) is 8.24. The van der Waals surface area contributed by atoms with Gasteiger partial charge in [-0.05, 0) is 25.7 Å². The van der Waals surface area contributed by atoms with Crippen LogP contribution in [0.25, 0.3) is 0 Å². The molecule has 0 unspecified atom stereocenters. The number of hydrogen-bond acceptors (Lipinski definition) is 2. The fraction of sp³-hybridized carbons (Fsp3) is 0.900. The van der Waals surface area contributed by atoms with Crippen molar-refractivity contribution in [3.8, 4) is 0 Å². The van der Waals surface area contributed by atoms with Crippen LogP contribution in [0, 0.1) is 17.8 Å². The number of nitrogens with one attached hydrogen (secondary N) is 1. The number of likely N-dealkylation sites (tertiary alicyclic amines) is 1. The molecule has 1 aliphatic heterocycles. The van der Waals surface area contributed by atoms with Crippen LogP contribution in [0.15, 0.2) is 0 Å². The molecule has 0 aromatic carbocycles. The summed E-state index contributed by atoms with van der Waals surface area (Å²) in [6.07, 6.45) is 14.1. The molecule has 0 amide bonds. The van der Waals surface area contributed by atoms with Crippen LogP contribution in [0.3, 0.4) is 0 Å². The fourth-order valence-electron chi connectivity index (χ4n) is 5.02. The van der Waals surface area contributed by atoms with E-state index in [2.05, 4.69) is 0 Å². The van der Waals surface area contributed by atoms with Crippen LogP contribution in [0.1, 0.15) is 77.0 Å². The molecule has 0 bridgehead atoms. The van der Waals surface area contributed by atoms with Gasteiger partial charge in [0.2, 0.25) is 0 Å². The summed E-state index contributed by atoms with van der Waals surface area (Å²) in [6, 6.07) is 0. The van der Waals surface area contributed by atoms with Crippen molar-refractivity contribution in [1.29, 1.82) is 0 Å². The summed E-state index contributed by atoms with van der Waals surface area (Å²) in [4.78, 5) is 26.5. The first-order valence-corrected chi connectivity index (χ1v) is 10.1. The zero-order chi connectivity index (χ0) is 16.1. The quantitative estimate of drug-likeness (QED) is 0.845. The van der Waals surface area contributed by atoms with Crippen LogP contribution in [0.4, 0.5) is 0 Å². The minimum absolute atomic E-state index is 0.298. The van der Waals surface area contributed by atoms with E-state index >= 15 is 0 Å². The van der Waals surface area contributed by atoms with E-state index in [0.717, 1.165) is 58.2 Å². The molecule has 0 spiro atoms. The Kier molecular flexibility index (Phi) is 6.27. The summed E-state index contributed by atoms with van der Waals surface area (Å²) < 4.78 is 0. The molecule has 0 radical (unpaired) electrons. The summed E-state index contributed by atoms with van der Waals surface area (Å²) in [6.45, 7) is 2.78. The summed E-state index contributed by atoms with van der Waals surface area (Å²) in [5.74, 6) is 2.06. The zero-order valence-corrected chi connectivity index (χ0v) is 14.7. The van der Waals surface area contributed by atoms with Crippen LogP contribution in [0.2, 0.25) is 0 Å². The number of quaternary nitrogens is 1. The minimum atomic E-state index is 0.298. The highest BCUT2D eigenvalue weighted by Crippen LogP contribution is 2.29. The lowest BCUT2D eigenvalue weighted by atomic mass is 9.78. The van der Waals surface area contributed by atoms with Gasteiger partial charge in [-0.1, -0.05) is 38.5 Å². The normalized spacial score (nSPS) is 31.0. The van der Waals surface area contributed by atoms with Gasteiger partial charge in [0.15, 0.2) is 5.78 Å². The number of piperidine rings is 1. The molecule has 0 atom stereocenters. The topological polar surface area (TPSA) is 38.6 Å². The molecule has 3 rings (SSSR count). The van der Waals surface area contributed by atoms with Gasteiger partial charge in [-0.25, -0.2) is 0 Å². The Morgan fingerprint density at radius 3 is 1.70 bits per heavy atom. The van der Waals surface area contributed by atoms with Gasteiger partial charge >= 0.3 is 0 Å². The van der Waals surface area contributed by atoms with Crippen LogP contribution in [0.5, 0.6) is 0 Å². The second-order valence-corrected chi connectivity index (χ2v) is 8.24. The lowest BCUT2D eigenvalue weighted by Crippen LogP contribution is -3.14. The van der Waals surface area contributed by atoms with Crippen LogP contribution in [-0.4, -0.2) is 31.2 Å². The molecule has 2 aliphatic carbocycles. The summed E-state index contributed by atoms with van der Waals surface area (Å²) in [7, 11) is 0. The van der Waals surface area contributed by atoms with Gasteiger partial charge in [-0.15, -0.1) is 0 Å². The third kappa shape index (κ3) is 4.65. The van der Waals surface area contributed by atoms with Crippen LogP contribution >= 0.6 is 0 Å². The molecule has 3 fully saturated rings. The van der Waals surface area contributed by atoms with Crippen molar-refractivity contribution in [1.82, 2.24) is 0 Å². The molecule has 0 aromatic heterocycles. The van der Waals surface area contributed by atoms with E-state index in [1.165, 1.54) is 43.4 Å². The maximum atomic E-state index is 12.7. The minimum Gasteiger partial charge on any atom is -0.329 e. The Morgan fingerprint density at radius 1 is 0.652 bits per heavy atom. The zero-order valence-electron chi connectivity index (χ0n) is 14.7. The molecule has 130 valence electrons. The highest BCUT2D eigenvalue weighted by Gasteiger charge is 2.33. The van der Waals surface area contributed by atoms with E-state index < -0.39 is 0 Å². The lowest BCUT2D eigenvalue weighted by molar-refractivity contribution is -0.897. The molecule has 3 heteroatoms. The molecule has 3 nitrogen and oxygen atoms in total. The van der Waals surface area contributed by atoms with Gasteiger partial charge < -0.3 is 4.90 Å². The van der Waals surface area contributed by atoms with Crippen molar-refractivity contribution in [2.45, 2.75) is 77.0 Å². The smallest absolute Gasteiger partial charge is 0.189 e. The van der Waals surface area contributed by atoms with E-state index in [-0.39, 0.29) is 0 Å². The molecule has 3 aliphatic rings. The standard InChI is InChI=1S/C20H33NO2/c22-19(16-7-3-1-4-8-16)15-21-13-11-18(12-14-21)20(23)17-9-5-2-6-10-17/h16-18H,1-15H2/p+1. The van der Waals surface area contributed by atoms with E-state index in [9.17, 15) is 9.59 Å². The Hall–Kier alpha value is -0.700. The molecule has 1 saturated heterocycles. The molecule has 0 aromatic rings. The molecular formula is C20H34NO2+. The number of carbonyl (C=O) groups excluding carboxylic acids is 2. The molecular weight excluding hydrogens is 286 g/mol. The van der Waals surface area contributed by atoms with Gasteiger partial charge in [0.25, 0.3) is 0 Å². The van der Waals surface area contributed by atoms with E-state index in [1.807, 2.05) is 0 Å². The summed E-state index contributed by atoms with van der Waals surface area (Å²) in [5, 5.41) is 0. The van der Waals surface area contributed by atoms with Gasteiger partial charge in [-0.3, -0.25) is 9.59 Å². The largest absolute Gasteiger partial charge is 0.329 e. The predicted molar refractivity (Wildman–Crippen MR) is 91.5 cm³/mol. The van der Waals surface area contributed by atoms with Crippen molar-refractivity contribution in [3.05, 3.63) is 0 Å². The molecule has 23 heavy (non-hydrogen) atoms. The maximum Gasteiger partial charge on any atom is 0.189 e. The fourth-order valence-corrected chi connectivity index (χ4v) is 5.02. The number of hydrogen-bond donors (Lipinski definition) is 1. The number of Topliss-reactive ketones (excluding diaryl/α,β-unsaturated/α-hetero) is 2. The van der Waals surface area contributed by atoms with Gasteiger partial charge in [0, 0.05) is 30.6 Å². The van der Waals surface area contributed by atoms with Crippen molar-refractivity contribution < 1.29 is 14.5 Å². The first-order valence-electron chi connectivity index (χ1n) is 10.1. The molecule has 1 N–H and O–H groups in total.